The van der Waals surface area contributed by atoms with Crippen LogP contribution in [0.1, 0.15) is 43.1 Å². The summed E-state index contributed by atoms with van der Waals surface area (Å²) >= 11 is 0. The first-order valence-electron chi connectivity index (χ1n) is 10.2. The number of hydrogen-bond acceptors (Lipinski definition) is 7. The van der Waals surface area contributed by atoms with E-state index in [2.05, 4.69) is 32.6 Å². The van der Waals surface area contributed by atoms with Crippen molar-refractivity contribution in [1.29, 1.82) is 0 Å². The van der Waals surface area contributed by atoms with Crippen molar-refractivity contribution in [2.24, 2.45) is 11.7 Å². The maximum Gasteiger partial charge on any atom is 0.220 e. The predicted molar refractivity (Wildman–Crippen MR) is 105 cm³/mol. The molecular weight excluding hydrogens is 372 g/mol. The first-order chi connectivity index (χ1) is 14.2. The van der Waals surface area contributed by atoms with Crippen molar-refractivity contribution in [1.82, 2.24) is 25.1 Å². The Hall–Kier alpha value is -2.52. The second-order valence-electron chi connectivity index (χ2n) is 7.74. The number of carbonyl (C=O) groups is 1. The van der Waals surface area contributed by atoms with Crippen molar-refractivity contribution in [2.75, 3.05) is 26.8 Å². The quantitative estimate of drug-likeness (QED) is 0.742. The Bertz CT molecular complexity index is 810. The molecule has 0 radical (unpaired) electrons. The molecule has 2 fully saturated rings. The molecule has 2 saturated heterocycles. The molecule has 0 bridgehead atoms. The van der Waals surface area contributed by atoms with Gasteiger partial charge in [-0.1, -0.05) is 12.1 Å². The number of rotatable bonds is 7. The summed E-state index contributed by atoms with van der Waals surface area (Å²) in [6, 6.07) is 7.90. The van der Waals surface area contributed by atoms with Crippen molar-refractivity contribution in [2.45, 2.75) is 44.4 Å². The molecule has 9 heteroatoms. The molecule has 3 heterocycles. The van der Waals surface area contributed by atoms with Gasteiger partial charge in [0.05, 0.1) is 25.8 Å². The summed E-state index contributed by atoms with van der Waals surface area (Å²) in [5.74, 6) is 1.32. The van der Waals surface area contributed by atoms with Crippen LogP contribution in [-0.2, 0) is 16.1 Å². The zero-order valence-corrected chi connectivity index (χ0v) is 16.7. The highest BCUT2D eigenvalue weighted by atomic mass is 16.5. The van der Waals surface area contributed by atoms with E-state index in [1.807, 2.05) is 16.8 Å². The Morgan fingerprint density at radius 3 is 2.66 bits per heavy atom. The Morgan fingerprint density at radius 1 is 1.28 bits per heavy atom. The molecule has 9 nitrogen and oxygen atoms in total. The molecule has 0 aliphatic carbocycles. The van der Waals surface area contributed by atoms with Crippen LogP contribution in [0.25, 0.3) is 0 Å². The van der Waals surface area contributed by atoms with Crippen molar-refractivity contribution in [3.63, 3.8) is 0 Å². The van der Waals surface area contributed by atoms with Gasteiger partial charge in [0.2, 0.25) is 5.91 Å². The number of amides is 1. The Balaban J connectivity index is 1.62. The minimum absolute atomic E-state index is 0.0642. The maximum atomic E-state index is 11.6. The SMILES string of the molecule is COc1ccc([C@@H](c2nnnn2C[C@@H]2CCCO2)N2CCC(C(N)=O)CC2)cc1. The lowest BCUT2D eigenvalue weighted by atomic mass is 9.93. The third kappa shape index (κ3) is 4.40. The van der Waals surface area contributed by atoms with Crippen LogP contribution < -0.4 is 10.5 Å². The van der Waals surface area contributed by atoms with E-state index in [1.165, 1.54) is 0 Å². The lowest BCUT2D eigenvalue weighted by Gasteiger charge is -2.36. The number of nitrogens with two attached hydrogens (primary N) is 1. The zero-order chi connectivity index (χ0) is 20.2. The van der Waals surface area contributed by atoms with E-state index in [0.717, 1.165) is 62.5 Å². The van der Waals surface area contributed by atoms with Gasteiger partial charge in [0.25, 0.3) is 0 Å². The van der Waals surface area contributed by atoms with Gasteiger partial charge >= 0.3 is 0 Å². The summed E-state index contributed by atoms with van der Waals surface area (Å²) in [4.78, 5) is 13.9. The molecule has 156 valence electrons. The molecule has 1 aromatic heterocycles. The minimum Gasteiger partial charge on any atom is -0.497 e. The third-order valence-electron chi connectivity index (χ3n) is 5.93. The maximum absolute atomic E-state index is 11.6. The first-order valence-corrected chi connectivity index (χ1v) is 10.2. The van der Waals surface area contributed by atoms with Crippen LogP contribution in [-0.4, -0.2) is 63.9 Å². The van der Waals surface area contributed by atoms with Gasteiger partial charge in [-0.3, -0.25) is 9.69 Å². The number of methoxy groups -OCH3 is 1. The molecule has 0 saturated carbocycles. The third-order valence-corrected chi connectivity index (χ3v) is 5.93. The van der Waals surface area contributed by atoms with Crippen molar-refractivity contribution in [3.8, 4) is 5.75 Å². The van der Waals surface area contributed by atoms with Crippen LogP contribution in [0.2, 0.25) is 0 Å². The van der Waals surface area contributed by atoms with E-state index in [1.54, 1.807) is 7.11 Å². The average Bonchev–Trinajstić information content (AvgIpc) is 3.42. The highest BCUT2D eigenvalue weighted by Gasteiger charge is 2.33. The average molecular weight is 400 g/mol. The molecule has 2 aliphatic rings. The fraction of sp³-hybridized carbons (Fsp3) is 0.600. The van der Waals surface area contributed by atoms with E-state index in [4.69, 9.17) is 15.2 Å². The van der Waals surface area contributed by atoms with Gasteiger partial charge < -0.3 is 15.2 Å². The van der Waals surface area contributed by atoms with Crippen LogP contribution in [0.15, 0.2) is 24.3 Å². The van der Waals surface area contributed by atoms with Crippen LogP contribution in [0.5, 0.6) is 5.75 Å². The largest absolute Gasteiger partial charge is 0.497 e. The molecule has 29 heavy (non-hydrogen) atoms. The van der Waals surface area contributed by atoms with Crippen LogP contribution in [0.3, 0.4) is 0 Å². The van der Waals surface area contributed by atoms with E-state index >= 15 is 0 Å². The summed E-state index contributed by atoms with van der Waals surface area (Å²) in [7, 11) is 1.66. The molecular formula is C20H28N6O3. The standard InChI is InChI=1S/C20H28N6O3/c1-28-16-6-4-14(5-7-16)18(25-10-8-15(9-11-25)19(21)27)20-22-23-24-26(20)13-17-3-2-12-29-17/h4-7,15,17-18H,2-3,8-13H2,1H3,(H2,21,27)/t17-,18-/m0/s1. The highest BCUT2D eigenvalue weighted by Crippen LogP contribution is 2.32. The van der Waals surface area contributed by atoms with Crippen molar-refractivity contribution in [3.05, 3.63) is 35.7 Å². The van der Waals surface area contributed by atoms with E-state index in [0.29, 0.717) is 6.54 Å². The molecule has 2 aliphatic heterocycles. The highest BCUT2D eigenvalue weighted by molar-refractivity contribution is 5.76. The van der Waals surface area contributed by atoms with Gasteiger partial charge in [-0.05, 0) is 66.9 Å². The summed E-state index contributed by atoms with van der Waals surface area (Å²) < 4.78 is 13.0. The summed E-state index contributed by atoms with van der Waals surface area (Å²) in [5.41, 5.74) is 6.61. The summed E-state index contributed by atoms with van der Waals surface area (Å²) in [5, 5.41) is 12.6. The van der Waals surface area contributed by atoms with Gasteiger partial charge in [-0.2, -0.15) is 0 Å². The monoisotopic (exact) mass is 400 g/mol. The molecule has 1 amide bonds. The molecule has 0 spiro atoms. The molecule has 2 atom stereocenters. The predicted octanol–water partition coefficient (Wildman–Crippen LogP) is 1.15. The second-order valence-corrected chi connectivity index (χ2v) is 7.74. The molecule has 0 unspecified atom stereocenters. The molecule has 2 N–H and O–H groups in total. The lowest BCUT2D eigenvalue weighted by Crippen LogP contribution is -2.41. The number of piperidine rings is 1. The number of likely N-dealkylation sites (tertiary alicyclic amines) is 1. The fourth-order valence-electron chi connectivity index (χ4n) is 4.27. The van der Waals surface area contributed by atoms with Crippen molar-refractivity contribution >= 4 is 5.91 Å². The van der Waals surface area contributed by atoms with Crippen LogP contribution in [0, 0.1) is 5.92 Å². The molecule has 1 aromatic carbocycles. The summed E-state index contributed by atoms with van der Waals surface area (Å²) in [6.07, 6.45) is 3.74. The number of carbonyl (C=O) groups excluding carboxylic acids is 1. The number of primary amides is 1. The second kappa shape index (κ2) is 8.87. The Labute approximate surface area is 170 Å². The number of benzene rings is 1. The van der Waals surface area contributed by atoms with E-state index < -0.39 is 0 Å². The fourth-order valence-corrected chi connectivity index (χ4v) is 4.27. The lowest BCUT2D eigenvalue weighted by molar-refractivity contribution is -0.123. The molecule has 2 aromatic rings. The Kier molecular flexibility index (Phi) is 6.05. The topological polar surface area (TPSA) is 108 Å². The number of tetrazole rings is 1. The minimum atomic E-state index is -0.214. The zero-order valence-electron chi connectivity index (χ0n) is 16.7. The summed E-state index contributed by atoms with van der Waals surface area (Å²) in [6.45, 7) is 2.96. The number of hydrogen-bond donors (Lipinski definition) is 1. The number of ether oxygens (including phenoxy) is 2. The number of aromatic nitrogens is 4. The number of nitrogens with zero attached hydrogens (tertiary/aromatic N) is 5. The Morgan fingerprint density at radius 2 is 2.03 bits per heavy atom. The normalized spacial score (nSPS) is 21.9. The van der Waals surface area contributed by atoms with E-state index in [9.17, 15) is 4.79 Å². The van der Waals surface area contributed by atoms with Crippen LogP contribution in [0.4, 0.5) is 0 Å². The van der Waals surface area contributed by atoms with E-state index in [-0.39, 0.29) is 24.0 Å². The van der Waals surface area contributed by atoms with Gasteiger partial charge in [0.1, 0.15) is 5.75 Å². The van der Waals surface area contributed by atoms with Gasteiger partial charge in [0, 0.05) is 12.5 Å². The first kappa shape index (κ1) is 19.8. The van der Waals surface area contributed by atoms with Crippen molar-refractivity contribution < 1.29 is 14.3 Å². The van der Waals surface area contributed by atoms with Gasteiger partial charge in [0.15, 0.2) is 5.82 Å². The molecule has 4 rings (SSSR count). The van der Waals surface area contributed by atoms with Gasteiger partial charge in [-0.15, -0.1) is 5.10 Å². The smallest absolute Gasteiger partial charge is 0.220 e. The van der Waals surface area contributed by atoms with Gasteiger partial charge in [-0.25, -0.2) is 4.68 Å². The van der Waals surface area contributed by atoms with Crippen LogP contribution >= 0.6 is 0 Å².